The Hall–Kier alpha value is -2.31. The van der Waals surface area contributed by atoms with Gasteiger partial charge in [0.05, 0.1) is 22.8 Å². The van der Waals surface area contributed by atoms with E-state index in [4.69, 9.17) is 16.3 Å². The van der Waals surface area contributed by atoms with Gasteiger partial charge in [-0.25, -0.2) is 8.42 Å². The van der Waals surface area contributed by atoms with E-state index in [2.05, 4.69) is 0 Å². The predicted molar refractivity (Wildman–Crippen MR) is 90.5 cm³/mol. The SMILES string of the molecule is COc1cc(/C=C2\CS(=O)(=O)c3ccccc3C2=O)cc(Cl)c1O. The number of phenols is 1. The number of aromatic hydroxyl groups is 1. The Balaban J connectivity index is 2.13. The first-order chi connectivity index (χ1) is 11.3. The summed E-state index contributed by atoms with van der Waals surface area (Å²) in [5.74, 6) is -0.803. The maximum atomic E-state index is 12.6. The van der Waals surface area contributed by atoms with Crippen LogP contribution >= 0.6 is 11.6 Å². The average molecular weight is 365 g/mol. The summed E-state index contributed by atoms with van der Waals surface area (Å²) in [6.45, 7) is 0. The molecular formula is C17H13ClO5S. The number of ether oxygens (including phenoxy) is 1. The second-order valence-corrected chi connectivity index (χ2v) is 7.67. The van der Waals surface area contributed by atoms with Crippen molar-refractivity contribution in [3.63, 3.8) is 0 Å². The molecule has 0 aromatic heterocycles. The summed E-state index contributed by atoms with van der Waals surface area (Å²) in [5, 5.41) is 9.80. The van der Waals surface area contributed by atoms with Crippen LogP contribution in [-0.2, 0) is 9.84 Å². The van der Waals surface area contributed by atoms with Gasteiger partial charge in [-0.15, -0.1) is 0 Å². The molecule has 0 atom stereocenters. The van der Waals surface area contributed by atoms with Crippen molar-refractivity contribution in [2.75, 3.05) is 12.9 Å². The van der Waals surface area contributed by atoms with E-state index in [1.54, 1.807) is 12.1 Å². The number of fused-ring (bicyclic) bond motifs is 1. The molecule has 0 saturated heterocycles. The Bertz CT molecular complexity index is 976. The van der Waals surface area contributed by atoms with Crippen molar-refractivity contribution in [3.05, 3.63) is 58.1 Å². The number of sulfone groups is 1. The maximum Gasteiger partial charge on any atom is 0.191 e. The largest absolute Gasteiger partial charge is 0.503 e. The first kappa shape index (κ1) is 16.5. The fourth-order valence-electron chi connectivity index (χ4n) is 2.59. The van der Waals surface area contributed by atoms with Gasteiger partial charge in [0.25, 0.3) is 0 Å². The van der Waals surface area contributed by atoms with Crippen molar-refractivity contribution in [1.82, 2.24) is 0 Å². The summed E-state index contributed by atoms with van der Waals surface area (Å²) < 4.78 is 29.8. The van der Waals surface area contributed by atoms with Gasteiger partial charge in [-0.2, -0.15) is 0 Å². The molecule has 0 bridgehead atoms. The normalized spacial score (nSPS) is 17.6. The third kappa shape index (κ3) is 2.79. The monoisotopic (exact) mass is 364 g/mol. The second-order valence-electron chi connectivity index (χ2n) is 5.31. The quantitative estimate of drug-likeness (QED) is 0.828. The van der Waals surface area contributed by atoms with Crippen LogP contribution in [0.4, 0.5) is 0 Å². The van der Waals surface area contributed by atoms with Gasteiger partial charge >= 0.3 is 0 Å². The minimum Gasteiger partial charge on any atom is -0.503 e. The van der Waals surface area contributed by atoms with Gasteiger partial charge in [0.15, 0.2) is 27.1 Å². The van der Waals surface area contributed by atoms with Crippen molar-refractivity contribution in [1.29, 1.82) is 0 Å². The molecule has 0 saturated carbocycles. The van der Waals surface area contributed by atoms with Gasteiger partial charge in [-0.05, 0) is 35.9 Å². The van der Waals surface area contributed by atoms with E-state index in [0.29, 0.717) is 5.56 Å². The van der Waals surface area contributed by atoms with E-state index >= 15 is 0 Å². The number of ketones is 1. The number of hydrogen-bond acceptors (Lipinski definition) is 5. The van der Waals surface area contributed by atoms with Crippen LogP contribution < -0.4 is 4.74 Å². The molecule has 0 radical (unpaired) electrons. The lowest BCUT2D eigenvalue weighted by molar-refractivity contribution is 0.103. The Kier molecular flexibility index (Phi) is 4.11. The van der Waals surface area contributed by atoms with Crippen LogP contribution in [0.5, 0.6) is 11.5 Å². The highest BCUT2D eigenvalue weighted by Gasteiger charge is 2.32. The first-order valence-corrected chi connectivity index (χ1v) is 9.00. The molecule has 1 heterocycles. The van der Waals surface area contributed by atoms with Crippen LogP contribution in [0.1, 0.15) is 15.9 Å². The summed E-state index contributed by atoms with van der Waals surface area (Å²) in [4.78, 5) is 12.6. The van der Waals surface area contributed by atoms with E-state index in [0.717, 1.165) is 0 Å². The highest BCUT2D eigenvalue weighted by molar-refractivity contribution is 7.91. The Morgan fingerprint density at radius 3 is 2.67 bits per heavy atom. The maximum absolute atomic E-state index is 12.6. The van der Waals surface area contributed by atoms with Crippen molar-refractivity contribution in [3.8, 4) is 11.5 Å². The van der Waals surface area contributed by atoms with Crippen LogP contribution in [0.2, 0.25) is 5.02 Å². The molecule has 0 spiro atoms. The highest BCUT2D eigenvalue weighted by Crippen LogP contribution is 2.36. The molecule has 3 rings (SSSR count). The number of halogens is 1. The zero-order valence-electron chi connectivity index (χ0n) is 12.6. The van der Waals surface area contributed by atoms with Crippen molar-refractivity contribution in [2.24, 2.45) is 0 Å². The van der Waals surface area contributed by atoms with Gasteiger partial charge in [0.2, 0.25) is 0 Å². The van der Waals surface area contributed by atoms with Crippen LogP contribution in [0.3, 0.4) is 0 Å². The summed E-state index contributed by atoms with van der Waals surface area (Å²) in [5.41, 5.74) is 0.761. The zero-order chi connectivity index (χ0) is 17.5. The van der Waals surface area contributed by atoms with Crippen molar-refractivity contribution in [2.45, 2.75) is 4.90 Å². The number of methoxy groups -OCH3 is 1. The van der Waals surface area contributed by atoms with Gasteiger partial charge in [0.1, 0.15) is 0 Å². The molecule has 1 aliphatic heterocycles. The van der Waals surface area contributed by atoms with Gasteiger partial charge in [-0.1, -0.05) is 23.7 Å². The van der Waals surface area contributed by atoms with E-state index < -0.39 is 9.84 Å². The Morgan fingerprint density at radius 2 is 1.96 bits per heavy atom. The van der Waals surface area contributed by atoms with E-state index in [1.807, 2.05) is 0 Å². The molecule has 1 aliphatic rings. The molecule has 0 amide bonds. The van der Waals surface area contributed by atoms with Crippen molar-refractivity contribution >= 4 is 33.3 Å². The molecule has 2 aromatic carbocycles. The second kappa shape index (κ2) is 5.96. The van der Waals surface area contributed by atoms with Crippen LogP contribution in [0.25, 0.3) is 6.08 Å². The molecule has 2 aromatic rings. The summed E-state index contributed by atoms with van der Waals surface area (Å²) in [6.07, 6.45) is 1.45. The van der Waals surface area contributed by atoms with Gasteiger partial charge in [-0.3, -0.25) is 4.79 Å². The molecule has 24 heavy (non-hydrogen) atoms. The summed E-state index contributed by atoms with van der Waals surface area (Å²) in [6, 6.07) is 9.05. The number of Topliss-reactive ketones (excluding diaryl/α,β-unsaturated/α-hetero) is 1. The van der Waals surface area contributed by atoms with Crippen LogP contribution in [0, 0.1) is 0 Å². The number of carbonyl (C=O) groups excluding carboxylic acids is 1. The number of hydrogen-bond donors (Lipinski definition) is 1. The molecule has 5 nitrogen and oxygen atoms in total. The van der Waals surface area contributed by atoms with Crippen LogP contribution in [-0.4, -0.2) is 32.2 Å². The van der Waals surface area contributed by atoms with Gasteiger partial charge < -0.3 is 9.84 Å². The lowest BCUT2D eigenvalue weighted by Gasteiger charge is -2.18. The number of phenolic OH excluding ortho intramolecular Hbond substituents is 1. The molecule has 1 N–H and O–H groups in total. The lowest BCUT2D eigenvalue weighted by Crippen LogP contribution is -2.24. The fraction of sp³-hybridized carbons (Fsp3) is 0.118. The Labute approximate surface area is 144 Å². The molecular weight excluding hydrogens is 352 g/mol. The van der Waals surface area contributed by atoms with Crippen LogP contribution in [0.15, 0.2) is 46.9 Å². The fourth-order valence-corrected chi connectivity index (χ4v) is 4.37. The minimum atomic E-state index is -3.58. The van der Waals surface area contributed by atoms with E-state index in [9.17, 15) is 18.3 Å². The number of rotatable bonds is 2. The van der Waals surface area contributed by atoms with Gasteiger partial charge in [0, 0.05) is 11.1 Å². The van der Waals surface area contributed by atoms with Crippen molar-refractivity contribution < 1.29 is 23.1 Å². The number of carbonyl (C=O) groups is 1. The smallest absolute Gasteiger partial charge is 0.191 e. The average Bonchev–Trinajstić information content (AvgIpc) is 2.55. The first-order valence-electron chi connectivity index (χ1n) is 6.97. The molecule has 0 aliphatic carbocycles. The third-order valence-electron chi connectivity index (χ3n) is 3.72. The minimum absolute atomic E-state index is 0.0488. The highest BCUT2D eigenvalue weighted by atomic mass is 35.5. The van der Waals surface area contributed by atoms with E-state index in [-0.39, 0.29) is 44.1 Å². The Morgan fingerprint density at radius 1 is 1.25 bits per heavy atom. The summed E-state index contributed by atoms with van der Waals surface area (Å²) in [7, 11) is -2.21. The number of benzene rings is 2. The predicted octanol–water partition coefficient (Wildman–Crippen LogP) is 3.11. The molecule has 0 unspecified atom stereocenters. The zero-order valence-corrected chi connectivity index (χ0v) is 14.2. The third-order valence-corrected chi connectivity index (χ3v) is 5.72. The molecule has 0 fully saturated rings. The topological polar surface area (TPSA) is 80.7 Å². The van der Waals surface area contributed by atoms with E-state index in [1.165, 1.54) is 37.5 Å². The lowest BCUT2D eigenvalue weighted by atomic mass is 10.0. The summed E-state index contributed by atoms with van der Waals surface area (Å²) >= 11 is 5.93. The molecule has 7 heteroatoms. The molecule has 124 valence electrons. The standard InChI is InChI=1S/C17H13ClO5S/c1-23-14-8-10(7-13(18)17(14)20)6-11-9-24(21,22)15-5-3-2-4-12(15)16(11)19/h2-8,20H,9H2,1H3/b11-6+.